The molecule has 4 heteroatoms. The van der Waals surface area contributed by atoms with Crippen LogP contribution in [0, 0.1) is 0 Å². The molecule has 1 N–H and O–H groups in total. The van der Waals surface area contributed by atoms with Gasteiger partial charge in [-0.2, -0.15) is 0 Å². The van der Waals surface area contributed by atoms with Gasteiger partial charge in [0.25, 0.3) is 0 Å². The molecule has 0 fully saturated rings. The lowest BCUT2D eigenvalue weighted by atomic mass is 10.1. The van der Waals surface area contributed by atoms with Crippen LogP contribution in [-0.2, 0) is 4.79 Å². The molecule has 20 heavy (non-hydrogen) atoms. The van der Waals surface area contributed by atoms with Gasteiger partial charge in [-0.3, -0.25) is 9.69 Å². The second-order valence-corrected chi connectivity index (χ2v) is 4.95. The number of carbonyl (C=O) groups is 1. The first kappa shape index (κ1) is 16.7. The molecule has 0 saturated carbocycles. The van der Waals surface area contributed by atoms with Crippen LogP contribution < -0.4 is 4.90 Å². The minimum Gasteiger partial charge on any atom is -0.395 e. The molecule has 0 aliphatic heterocycles. The van der Waals surface area contributed by atoms with Crippen molar-refractivity contribution < 1.29 is 9.90 Å². The van der Waals surface area contributed by atoms with Gasteiger partial charge in [-0.15, -0.1) is 0 Å². The Hall–Kier alpha value is -1.39. The van der Waals surface area contributed by atoms with Crippen LogP contribution in [0.15, 0.2) is 30.3 Å². The Morgan fingerprint density at radius 1 is 1.20 bits per heavy atom. The fraction of sp³-hybridized carbons (Fsp3) is 0.562. The van der Waals surface area contributed by atoms with Crippen LogP contribution in [0.25, 0.3) is 0 Å². The molecule has 1 aromatic carbocycles. The van der Waals surface area contributed by atoms with Crippen molar-refractivity contribution in [3.8, 4) is 0 Å². The van der Waals surface area contributed by atoms with Gasteiger partial charge in [0.15, 0.2) is 0 Å². The van der Waals surface area contributed by atoms with Crippen LogP contribution in [0.1, 0.15) is 26.7 Å². The zero-order chi connectivity index (χ0) is 15.0. The van der Waals surface area contributed by atoms with E-state index in [1.54, 1.807) is 11.9 Å². The first-order valence-electron chi connectivity index (χ1n) is 7.30. The fourth-order valence-electron chi connectivity index (χ4n) is 2.40. The van der Waals surface area contributed by atoms with E-state index < -0.39 is 0 Å². The Morgan fingerprint density at radius 2 is 1.80 bits per heavy atom. The second kappa shape index (κ2) is 8.72. The molecule has 0 heterocycles. The zero-order valence-corrected chi connectivity index (χ0v) is 12.7. The minimum atomic E-state index is 0.0524. The zero-order valence-electron chi connectivity index (χ0n) is 12.7. The van der Waals surface area contributed by atoms with Crippen molar-refractivity contribution in [3.63, 3.8) is 0 Å². The summed E-state index contributed by atoms with van der Waals surface area (Å²) in [5.41, 5.74) is 0.894. The topological polar surface area (TPSA) is 43.8 Å². The Balaban J connectivity index is 2.70. The Kier molecular flexibility index (Phi) is 7.26. The second-order valence-electron chi connectivity index (χ2n) is 4.95. The maximum Gasteiger partial charge on any atom is 0.240 e. The van der Waals surface area contributed by atoms with Crippen molar-refractivity contribution in [2.45, 2.75) is 32.7 Å². The maximum atomic E-state index is 12.4. The summed E-state index contributed by atoms with van der Waals surface area (Å²) < 4.78 is 0. The molecular formula is C16H26N2O2. The molecule has 0 spiro atoms. The summed E-state index contributed by atoms with van der Waals surface area (Å²) in [5, 5.41) is 9.18. The van der Waals surface area contributed by atoms with E-state index in [1.165, 1.54) is 0 Å². The largest absolute Gasteiger partial charge is 0.395 e. The van der Waals surface area contributed by atoms with E-state index in [4.69, 9.17) is 0 Å². The van der Waals surface area contributed by atoms with E-state index in [1.807, 2.05) is 30.3 Å². The Labute approximate surface area is 122 Å². The number of hydrogen-bond donors (Lipinski definition) is 1. The van der Waals surface area contributed by atoms with Crippen molar-refractivity contribution >= 4 is 11.6 Å². The van der Waals surface area contributed by atoms with Crippen molar-refractivity contribution in [2.75, 3.05) is 31.6 Å². The molecule has 4 nitrogen and oxygen atoms in total. The van der Waals surface area contributed by atoms with Crippen molar-refractivity contribution in [3.05, 3.63) is 30.3 Å². The average molecular weight is 278 g/mol. The molecule has 0 aliphatic rings. The van der Waals surface area contributed by atoms with Crippen molar-refractivity contribution in [1.29, 1.82) is 0 Å². The van der Waals surface area contributed by atoms with Gasteiger partial charge in [0, 0.05) is 25.3 Å². The molecule has 0 unspecified atom stereocenters. The maximum absolute atomic E-state index is 12.4. The number of benzene rings is 1. The van der Waals surface area contributed by atoms with Crippen LogP contribution >= 0.6 is 0 Å². The molecule has 0 bridgehead atoms. The first-order valence-corrected chi connectivity index (χ1v) is 7.30. The van der Waals surface area contributed by atoms with Gasteiger partial charge >= 0.3 is 0 Å². The number of likely N-dealkylation sites (N-methyl/N-ethyl adjacent to an activating group) is 1. The third kappa shape index (κ3) is 4.62. The highest BCUT2D eigenvalue weighted by Crippen LogP contribution is 2.13. The van der Waals surface area contributed by atoms with E-state index in [0.29, 0.717) is 19.1 Å². The number of hydrogen-bond acceptors (Lipinski definition) is 3. The minimum absolute atomic E-state index is 0.0524. The van der Waals surface area contributed by atoms with Gasteiger partial charge in [0.2, 0.25) is 5.91 Å². The van der Waals surface area contributed by atoms with Crippen LogP contribution in [0.5, 0.6) is 0 Å². The third-order valence-corrected chi connectivity index (χ3v) is 3.70. The number of aliphatic hydroxyl groups excluding tert-OH is 1. The summed E-state index contributed by atoms with van der Waals surface area (Å²) in [4.78, 5) is 16.1. The van der Waals surface area contributed by atoms with Gasteiger partial charge in [0.05, 0.1) is 13.2 Å². The summed E-state index contributed by atoms with van der Waals surface area (Å²) in [6.07, 6.45) is 1.97. The molecule has 112 valence electrons. The fourth-order valence-corrected chi connectivity index (χ4v) is 2.40. The highest BCUT2D eigenvalue weighted by Gasteiger charge is 2.20. The predicted molar refractivity (Wildman–Crippen MR) is 82.9 cm³/mol. The number of para-hydroxylation sites is 1. The first-order chi connectivity index (χ1) is 9.63. The smallest absolute Gasteiger partial charge is 0.240 e. The SMILES string of the molecule is CCC(CC)N(CCO)CC(=O)N(C)c1ccccc1. The number of carbonyl (C=O) groups excluding carboxylic acids is 1. The number of rotatable bonds is 8. The molecule has 1 aromatic rings. The van der Waals surface area contributed by atoms with Crippen LogP contribution in [0.4, 0.5) is 5.69 Å². The molecule has 1 rings (SSSR count). The number of aliphatic hydroxyl groups is 1. The molecule has 0 saturated heterocycles. The number of amides is 1. The monoisotopic (exact) mass is 278 g/mol. The van der Waals surface area contributed by atoms with Crippen molar-refractivity contribution in [1.82, 2.24) is 4.90 Å². The van der Waals surface area contributed by atoms with E-state index in [9.17, 15) is 9.90 Å². The number of nitrogens with zero attached hydrogens (tertiary/aromatic N) is 2. The summed E-state index contributed by atoms with van der Waals surface area (Å²) in [6.45, 7) is 5.20. The van der Waals surface area contributed by atoms with Crippen LogP contribution in [-0.4, -0.2) is 48.7 Å². The van der Waals surface area contributed by atoms with Gasteiger partial charge < -0.3 is 10.0 Å². The summed E-state index contributed by atoms with van der Waals surface area (Å²) >= 11 is 0. The van der Waals surface area contributed by atoms with Crippen molar-refractivity contribution in [2.24, 2.45) is 0 Å². The van der Waals surface area contributed by atoms with Gasteiger partial charge in [0.1, 0.15) is 0 Å². The third-order valence-electron chi connectivity index (χ3n) is 3.70. The van der Waals surface area contributed by atoms with E-state index in [2.05, 4.69) is 18.7 Å². The Morgan fingerprint density at radius 3 is 2.30 bits per heavy atom. The van der Waals surface area contributed by atoms with E-state index >= 15 is 0 Å². The molecule has 1 amide bonds. The highest BCUT2D eigenvalue weighted by atomic mass is 16.3. The van der Waals surface area contributed by atoms with Crippen LogP contribution in [0.2, 0.25) is 0 Å². The molecule has 0 radical (unpaired) electrons. The lowest BCUT2D eigenvalue weighted by molar-refractivity contribution is -0.120. The van der Waals surface area contributed by atoms with Gasteiger partial charge in [-0.05, 0) is 25.0 Å². The van der Waals surface area contributed by atoms with E-state index in [0.717, 1.165) is 18.5 Å². The molecular weight excluding hydrogens is 252 g/mol. The molecule has 0 aliphatic carbocycles. The van der Waals surface area contributed by atoms with E-state index in [-0.39, 0.29) is 12.5 Å². The normalized spacial score (nSPS) is 11.1. The molecule has 0 aromatic heterocycles. The highest BCUT2D eigenvalue weighted by molar-refractivity contribution is 5.94. The van der Waals surface area contributed by atoms with Gasteiger partial charge in [-0.25, -0.2) is 0 Å². The Bertz CT molecular complexity index is 391. The predicted octanol–water partition coefficient (Wildman–Crippen LogP) is 2.13. The standard InChI is InChI=1S/C16H26N2O2/c1-4-14(5-2)18(11-12-19)13-16(20)17(3)15-9-7-6-8-10-15/h6-10,14,19H,4-5,11-13H2,1-3H3. The van der Waals surface area contributed by atoms with Gasteiger partial charge in [-0.1, -0.05) is 32.0 Å². The average Bonchev–Trinajstić information content (AvgIpc) is 2.48. The quantitative estimate of drug-likeness (QED) is 0.792. The summed E-state index contributed by atoms with van der Waals surface area (Å²) in [6, 6.07) is 9.97. The summed E-state index contributed by atoms with van der Waals surface area (Å²) in [5.74, 6) is 0.0524. The van der Waals surface area contributed by atoms with Crippen LogP contribution in [0.3, 0.4) is 0 Å². The lowest BCUT2D eigenvalue weighted by Crippen LogP contribution is -2.44. The molecule has 0 atom stereocenters. The number of anilines is 1. The lowest BCUT2D eigenvalue weighted by Gasteiger charge is -2.30. The summed E-state index contributed by atoms with van der Waals surface area (Å²) in [7, 11) is 1.79.